The lowest BCUT2D eigenvalue weighted by molar-refractivity contribution is -0.384. The van der Waals surface area contributed by atoms with Gasteiger partial charge in [0.25, 0.3) is 5.69 Å². The Kier molecular flexibility index (Phi) is 3.38. The maximum absolute atomic E-state index is 11.2. The number of hydrogen-bond acceptors (Lipinski definition) is 5. The largest absolute Gasteiger partial charge is 0.409 e. The van der Waals surface area contributed by atoms with Crippen LogP contribution in [0.25, 0.3) is 5.69 Å². The van der Waals surface area contributed by atoms with Crippen molar-refractivity contribution in [3.63, 3.8) is 0 Å². The van der Waals surface area contributed by atoms with Crippen molar-refractivity contribution >= 4 is 11.5 Å². The zero-order valence-electron chi connectivity index (χ0n) is 10.9. The van der Waals surface area contributed by atoms with Crippen LogP contribution in [0, 0.1) is 24.0 Å². The first-order valence-electron chi connectivity index (χ1n) is 5.73. The van der Waals surface area contributed by atoms with Crippen LogP contribution in [0.4, 0.5) is 5.69 Å². The fraction of sp³-hybridized carbons (Fsp3) is 0.167. The van der Waals surface area contributed by atoms with E-state index in [1.54, 1.807) is 16.7 Å². The lowest BCUT2D eigenvalue weighted by atomic mass is 10.1. The minimum atomic E-state index is -0.516. The SMILES string of the molecule is Cc1ncn(-c2ccc(C(N)=NO)cc2[N+](=O)[O-])c1C. The van der Waals surface area contributed by atoms with Crippen molar-refractivity contribution in [1.29, 1.82) is 0 Å². The van der Waals surface area contributed by atoms with E-state index in [9.17, 15) is 10.1 Å². The van der Waals surface area contributed by atoms with Gasteiger partial charge < -0.3 is 10.9 Å². The molecule has 0 unspecified atom stereocenters. The van der Waals surface area contributed by atoms with Gasteiger partial charge in [0, 0.05) is 17.3 Å². The second-order valence-corrected chi connectivity index (χ2v) is 4.23. The number of benzene rings is 1. The van der Waals surface area contributed by atoms with Gasteiger partial charge in [-0.15, -0.1) is 0 Å². The molecule has 2 rings (SSSR count). The lowest BCUT2D eigenvalue weighted by Gasteiger charge is -2.08. The highest BCUT2D eigenvalue weighted by molar-refractivity contribution is 5.98. The van der Waals surface area contributed by atoms with Crippen LogP contribution in [0.15, 0.2) is 29.7 Å². The Hall–Kier alpha value is -2.90. The summed E-state index contributed by atoms with van der Waals surface area (Å²) in [6, 6.07) is 4.35. The minimum Gasteiger partial charge on any atom is -0.409 e. The monoisotopic (exact) mass is 275 g/mol. The van der Waals surface area contributed by atoms with Crippen molar-refractivity contribution in [2.45, 2.75) is 13.8 Å². The van der Waals surface area contributed by atoms with Crippen molar-refractivity contribution in [3.8, 4) is 5.69 Å². The zero-order valence-corrected chi connectivity index (χ0v) is 10.9. The van der Waals surface area contributed by atoms with E-state index < -0.39 is 4.92 Å². The Morgan fingerprint density at radius 1 is 1.50 bits per heavy atom. The van der Waals surface area contributed by atoms with Crippen LogP contribution in [0.1, 0.15) is 17.0 Å². The maximum Gasteiger partial charge on any atom is 0.293 e. The summed E-state index contributed by atoms with van der Waals surface area (Å²) in [5.41, 5.74) is 7.55. The molecule has 104 valence electrons. The number of rotatable bonds is 3. The number of nitrogens with zero attached hydrogens (tertiary/aromatic N) is 4. The van der Waals surface area contributed by atoms with Gasteiger partial charge >= 0.3 is 0 Å². The number of hydrogen-bond donors (Lipinski definition) is 2. The first kappa shape index (κ1) is 13.5. The predicted octanol–water partition coefficient (Wildman–Crippen LogP) is 1.49. The van der Waals surface area contributed by atoms with Gasteiger partial charge in [-0.25, -0.2) is 4.98 Å². The normalized spacial score (nSPS) is 11.6. The molecular weight excluding hydrogens is 262 g/mol. The van der Waals surface area contributed by atoms with Gasteiger partial charge in [0.05, 0.1) is 16.9 Å². The Morgan fingerprint density at radius 3 is 2.70 bits per heavy atom. The quantitative estimate of drug-likeness (QED) is 0.289. The summed E-state index contributed by atoms with van der Waals surface area (Å²) in [5, 5.41) is 22.7. The fourth-order valence-corrected chi connectivity index (χ4v) is 1.83. The minimum absolute atomic E-state index is 0.144. The van der Waals surface area contributed by atoms with Gasteiger partial charge in [-0.2, -0.15) is 0 Å². The topological polar surface area (TPSA) is 120 Å². The van der Waals surface area contributed by atoms with Crippen LogP contribution in [-0.2, 0) is 0 Å². The number of nitro benzene ring substituents is 1. The van der Waals surface area contributed by atoms with E-state index in [0.29, 0.717) is 5.69 Å². The van der Waals surface area contributed by atoms with Crippen molar-refractivity contribution in [3.05, 3.63) is 51.6 Å². The summed E-state index contributed by atoms with van der Waals surface area (Å²) in [6.07, 6.45) is 1.52. The second-order valence-electron chi connectivity index (χ2n) is 4.23. The molecule has 0 saturated heterocycles. The standard InChI is InChI=1S/C12H13N5O3/c1-7-8(2)16(6-14-7)10-4-3-9(12(13)15-18)5-11(10)17(19)20/h3-6,18H,1-2H3,(H2,13,15). The molecule has 0 atom stereocenters. The first-order valence-corrected chi connectivity index (χ1v) is 5.73. The number of aromatic nitrogens is 2. The second kappa shape index (κ2) is 5.00. The number of amidine groups is 1. The van der Waals surface area contributed by atoms with E-state index in [-0.39, 0.29) is 17.1 Å². The number of oxime groups is 1. The molecule has 0 amide bonds. The maximum atomic E-state index is 11.2. The third kappa shape index (κ3) is 2.18. The number of nitro groups is 1. The highest BCUT2D eigenvalue weighted by Gasteiger charge is 2.19. The summed E-state index contributed by atoms with van der Waals surface area (Å²) < 4.78 is 1.63. The van der Waals surface area contributed by atoms with Crippen LogP contribution >= 0.6 is 0 Å². The number of imidazole rings is 1. The zero-order chi connectivity index (χ0) is 14.9. The molecule has 1 aromatic heterocycles. The first-order chi connectivity index (χ1) is 9.45. The molecule has 0 spiro atoms. The highest BCUT2D eigenvalue weighted by Crippen LogP contribution is 2.26. The molecule has 0 aliphatic carbocycles. The van der Waals surface area contributed by atoms with Gasteiger partial charge in [-0.05, 0) is 26.0 Å². The Balaban J connectivity index is 2.65. The van der Waals surface area contributed by atoms with E-state index in [4.69, 9.17) is 10.9 Å². The van der Waals surface area contributed by atoms with Crippen LogP contribution in [0.2, 0.25) is 0 Å². The molecule has 8 heteroatoms. The van der Waals surface area contributed by atoms with Gasteiger partial charge in [-0.3, -0.25) is 14.7 Å². The van der Waals surface area contributed by atoms with Crippen LogP contribution in [-0.4, -0.2) is 25.5 Å². The van der Waals surface area contributed by atoms with E-state index >= 15 is 0 Å². The van der Waals surface area contributed by atoms with E-state index in [0.717, 1.165) is 11.4 Å². The molecule has 2 aromatic rings. The smallest absolute Gasteiger partial charge is 0.293 e. The van der Waals surface area contributed by atoms with Gasteiger partial charge in [0.2, 0.25) is 0 Å². The van der Waals surface area contributed by atoms with Gasteiger partial charge in [0.15, 0.2) is 5.84 Å². The molecule has 0 saturated carbocycles. The molecule has 1 aromatic carbocycles. The third-order valence-corrected chi connectivity index (χ3v) is 3.09. The Labute approximate surface area is 114 Å². The summed E-state index contributed by atoms with van der Waals surface area (Å²) in [5.74, 6) is -0.182. The van der Waals surface area contributed by atoms with Crippen LogP contribution in [0.5, 0.6) is 0 Å². The third-order valence-electron chi connectivity index (χ3n) is 3.09. The average Bonchev–Trinajstić information content (AvgIpc) is 2.77. The van der Waals surface area contributed by atoms with Crippen molar-refractivity contribution in [1.82, 2.24) is 9.55 Å². The van der Waals surface area contributed by atoms with Crippen molar-refractivity contribution < 1.29 is 10.1 Å². The van der Waals surface area contributed by atoms with Gasteiger partial charge in [0.1, 0.15) is 5.69 Å². The molecular formula is C12H13N5O3. The summed E-state index contributed by atoms with van der Waals surface area (Å²) in [4.78, 5) is 14.8. The summed E-state index contributed by atoms with van der Waals surface area (Å²) >= 11 is 0. The molecule has 0 bridgehead atoms. The van der Waals surface area contributed by atoms with Crippen LogP contribution in [0.3, 0.4) is 0 Å². The molecule has 0 aliphatic heterocycles. The molecule has 3 N–H and O–H groups in total. The molecule has 20 heavy (non-hydrogen) atoms. The molecule has 1 heterocycles. The van der Waals surface area contributed by atoms with Crippen molar-refractivity contribution in [2.75, 3.05) is 0 Å². The Morgan fingerprint density at radius 2 is 2.20 bits per heavy atom. The molecule has 0 fully saturated rings. The van der Waals surface area contributed by atoms with E-state index in [1.807, 2.05) is 13.8 Å². The predicted molar refractivity (Wildman–Crippen MR) is 72.2 cm³/mol. The van der Waals surface area contributed by atoms with E-state index in [1.165, 1.54) is 12.4 Å². The van der Waals surface area contributed by atoms with Crippen molar-refractivity contribution in [2.24, 2.45) is 10.9 Å². The van der Waals surface area contributed by atoms with E-state index in [2.05, 4.69) is 10.1 Å². The molecule has 8 nitrogen and oxygen atoms in total. The Bertz CT molecular complexity index is 705. The molecule has 0 aliphatic rings. The summed E-state index contributed by atoms with van der Waals surface area (Å²) in [7, 11) is 0. The summed E-state index contributed by atoms with van der Waals surface area (Å²) in [6.45, 7) is 3.64. The van der Waals surface area contributed by atoms with Gasteiger partial charge in [-0.1, -0.05) is 5.16 Å². The van der Waals surface area contributed by atoms with Crippen LogP contribution < -0.4 is 5.73 Å². The lowest BCUT2D eigenvalue weighted by Crippen LogP contribution is -2.14. The highest BCUT2D eigenvalue weighted by atomic mass is 16.6. The average molecular weight is 275 g/mol. The number of aryl methyl sites for hydroxylation is 1. The number of nitrogens with two attached hydrogens (primary N) is 1. The fourth-order valence-electron chi connectivity index (χ4n) is 1.83. The molecule has 0 radical (unpaired) electrons.